The van der Waals surface area contributed by atoms with Gasteiger partial charge in [0.05, 0.1) is 24.6 Å². The summed E-state index contributed by atoms with van der Waals surface area (Å²) in [6.45, 7) is 0.430. The van der Waals surface area contributed by atoms with E-state index in [-0.39, 0.29) is 11.4 Å². The van der Waals surface area contributed by atoms with Gasteiger partial charge in [-0.05, 0) is 23.8 Å². The highest BCUT2D eigenvalue weighted by molar-refractivity contribution is 7.22. The third-order valence-electron chi connectivity index (χ3n) is 3.74. The molecule has 1 aromatic carbocycles. The number of rotatable bonds is 3. The van der Waals surface area contributed by atoms with Gasteiger partial charge in [0, 0.05) is 23.7 Å². The monoisotopic (exact) mass is 340 g/mol. The lowest BCUT2D eigenvalue weighted by Gasteiger charge is -2.02. The van der Waals surface area contributed by atoms with Crippen molar-refractivity contribution in [2.45, 2.75) is 6.54 Å². The molecule has 7 heteroatoms. The zero-order valence-electron chi connectivity index (χ0n) is 12.8. The van der Waals surface area contributed by atoms with E-state index in [9.17, 15) is 9.18 Å². The minimum absolute atomic E-state index is 0.0813. The molecule has 0 aliphatic carbocycles. The lowest BCUT2D eigenvalue weighted by Crippen LogP contribution is -2.19. The second-order valence-electron chi connectivity index (χ2n) is 5.53. The van der Waals surface area contributed by atoms with Crippen LogP contribution in [0, 0.1) is 5.82 Å². The Kier molecular flexibility index (Phi) is 3.50. The molecular weight excluding hydrogens is 327 g/mol. The van der Waals surface area contributed by atoms with Crippen molar-refractivity contribution < 1.29 is 4.39 Å². The highest BCUT2D eigenvalue weighted by Crippen LogP contribution is 2.30. The smallest absolute Gasteiger partial charge is 0.271 e. The van der Waals surface area contributed by atoms with Crippen LogP contribution in [0.25, 0.3) is 20.7 Å². The fraction of sp³-hybridized carbons (Fsp3) is 0.118. The first kappa shape index (κ1) is 14.8. The van der Waals surface area contributed by atoms with E-state index in [0.717, 1.165) is 16.0 Å². The zero-order chi connectivity index (χ0) is 16.7. The van der Waals surface area contributed by atoms with Crippen LogP contribution in [0.4, 0.5) is 4.39 Å². The summed E-state index contributed by atoms with van der Waals surface area (Å²) >= 11 is 1.37. The molecule has 24 heavy (non-hydrogen) atoms. The highest BCUT2D eigenvalue weighted by atomic mass is 32.1. The van der Waals surface area contributed by atoms with E-state index in [0.29, 0.717) is 16.8 Å². The number of hydrogen-bond acceptors (Lipinski definition) is 4. The zero-order valence-corrected chi connectivity index (χ0v) is 13.6. The first-order valence-corrected chi connectivity index (χ1v) is 8.14. The molecule has 0 saturated heterocycles. The van der Waals surface area contributed by atoms with E-state index < -0.39 is 0 Å². The first-order chi connectivity index (χ1) is 11.6. The molecular formula is C17H13FN4OS. The van der Waals surface area contributed by atoms with E-state index in [4.69, 9.17) is 0 Å². The fourth-order valence-corrected chi connectivity index (χ4v) is 3.63. The fourth-order valence-electron chi connectivity index (χ4n) is 2.56. The van der Waals surface area contributed by atoms with Crippen LogP contribution < -0.4 is 5.56 Å². The third-order valence-corrected chi connectivity index (χ3v) is 4.91. The quantitative estimate of drug-likeness (QED) is 0.576. The molecule has 3 heterocycles. The second-order valence-corrected chi connectivity index (χ2v) is 6.58. The van der Waals surface area contributed by atoms with Gasteiger partial charge in [0.15, 0.2) is 0 Å². The summed E-state index contributed by atoms with van der Waals surface area (Å²) in [5.74, 6) is -0.281. The van der Waals surface area contributed by atoms with Gasteiger partial charge in [-0.3, -0.25) is 14.0 Å². The number of hydrogen-bond donors (Lipinski definition) is 0. The number of benzene rings is 1. The summed E-state index contributed by atoms with van der Waals surface area (Å²) in [5, 5.41) is 4.11. The summed E-state index contributed by atoms with van der Waals surface area (Å²) in [7, 11) is 1.84. The van der Waals surface area contributed by atoms with Gasteiger partial charge < -0.3 is 0 Å². The van der Waals surface area contributed by atoms with E-state index >= 15 is 0 Å². The van der Waals surface area contributed by atoms with Crippen LogP contribution in [0.1, 0.15) is 5.56 Å². The maximum absolute atomic E-state index is 13.1. The Hall–Kier alpha value is -2.80. The molecule has 4 aromatic rings. The average molecular weight is 340 g/mol. The van der Waals surface area contributed by atoms with Crippen molar-refractivity contribution in [2.24, 2.45) is 7.05 Å². The highest BCUT2D eigenvalue weighted by Gasteiger charge is 2.11. The minimum Gasteiger partial charge on any atom is -0.293 e. The van der Waals surface area contributed by atoms with Crippen molar-refractivity contribution in [1.29, 1.82) is 0 Å². The molecule has 4 rings (SSSR count). The maximum atomic E-state index is 13.1. The van der Waals surface area contributed by atoms with Gasteiger partial charge >= 0.3 is 0 Å². The van der Waals surface area contributed by atoms with Crippen LogP contribution in [0.5, 0.6) is 0 Å². The standard InChI is InChI=1S/C17H13FN4OS/c1-21-8-11(7-20-21)9-22-10-19-14-6-15(24-16(14)17(22)23)12-2-4-13(18)5-3-12/h2-8,10H,9H2,1H3. The molecule has 0 aliphatic rings. The predicted octanol–water partition coefficient (Wildman–Crippen LogP) is 3.05. The van der Waals surface area contributed by atoms with Crippen molar-refractivity contribution in [3.8, 4) is 10.4 Å². The van der Waals surface area contributed by atoms with Crippen molar-refractivity contribution in [1.82, 2.24) is 19.3 Å². The van der Waals surface area contributed by atoms with E-state index in [1.165, 1.54) is 23.5 Å². The molecule has 0 fully saturated rings. The molecule has 0 amide bonds. The van der Waals surface area contributed by atoms with Crippen molar-refractivity contribution in [3.63, 3.8) is 0 Å². The number of fused-ring (bicyclic) bond motifs is 1. The van der Waals surface area contributed by atoms with Gasteiger partial charge in [0.25, 0.3) is 5.56 Å². The molecule has 0 spiro atoms. The van der Waals surface area contributed by atoms with Gasteiger partial charge in [0.2, 0.25) is 0 Å². The molecule has 0 unspecified atom stereocenters. The van der Waals surface area contributed by atoms with Gasteiger partial charge in [-0.2, -0.15) is 5.10 Å². The van der Waals surface area contributed by atoms with Crippen molar-refractivity contribution in [2.75, 3.05) is 0 Å². The molecule has 120 valence electrons. The molecule has 0 atom stereocenters. The second kappa shape index (κ2) is 5.68. The van der Waals surface area contributed by atoms with Gasteiger partial charge in [-0.15, -0.1) is 11.3 Å². The number of aryl methyl sites for hydroxylation is 1. The summed E-state index contributed by atoms with van der Waals surface area (Å²) in [4.78, 5) is 18.0. The lowest BCUT2D eigenvalue weighted by atomic mass is 10.2. The molecule has 0 radical (unpaired) electrons. The summed E-state index contributed by atoms with van der Waals surface area (Å²) < 4.78 is 16.9. The first-order valence-electron chi connectivity index (χ1n) is 7.32. The normalized spacial score (nSPS) is 11.2. The lowest BCUT2D eigenvalue weighted by molar-refractivity contribution is 0.628. The van der Waals surface area contributed by atoms with Crippen LogP contribution >= 0.6 is 11.3 Å². The predicted molar refractivity (Wildman–Crippen MR) is 91.6 cm³/mol. The Bertz CT molecular complexity index is 1080. The summed E-state index contributed by atoms with van der Waals surface area (Å²) in [5.41, 5.74) is 2.39. The molecule has 5 nitrogen and oxygen atoms in total. The van der Waals surface area contributed by atoms with Crippen LogP contribution in [0.3, 0.4) is 0 Å². The van der Waals surface area contributed by atoms with E-state index in [1.54, 1.807) is 33.9 Å². The number of thiophene rings is 1. The maximum Gasteiger partial charge on any atom is 0.271 e. The SMILES string of the molecule is Cn1cc(Cn2cnc3cc(-c4ccc(F)cc4)sc3c2=O)cn1. The number of halogens is 1. The molecule has 0 aliphatic heterocycles. The van der Waals surface area contributed by atoms with Crippen molar-refractivity contribution >= 4 is 21.6 Å². The summed E-state index contributed by atoms with van der Waals surface area (Å²) in [6, 6.07) is 8.09. The Balaban J connectivity index is 1.76. The van der Waals surface area contributed by atoms with E-state index in [2.05, 4.69) is 10.1 Å². The average Bonchev–Trinajstić information content (AvgIpc) is 3.18. The Morgan fingerprint density at radius 1 is 1.25 bits per heavy atom. The van der Waals surface area contributed by atoms with Gasteiger partial charge in [-0.25, -0.2) is 9.37 Å². The van der Waals surface area contributed by atoms with Gasteiger partial charge in [0.1, 0.15) is 10.5 Å². The minimum atomic E-state index is -0.281. The molecule has 0 saturated carbocycles. The Labute approximate surface area is 140 Å². The summed E-state index contributed by atoms with van der Waals surface area (Å²) in [6.07, 6.45) is 5.16. The molecule has 3 aromatic heterocycles. The number of nitrogens with zero attached hydrogens (tertiary/aromatic N) is 4. The molecule has 0 bridgehead atoms. The van der Waals surface area contributed by atoms with Gasteiger partial charge in [-0.1, -0.05) is 12.1 Å². The Morgan fingerprint density at radius 3 is 2.75 bits per heavy atom. The third kappa shape index (κ3) is 2.63. The van der Waals surface area contributed by atoms with Crippen molar-refractivity contribution in [3.05, 3.63) is 70.8 Å². The topological polar surface area (TPSA) is 52.7 Å². The van der Waals surface area contributed by atoms with Crippen LogP contribution in [0.2, 0.25) is 0 Å². The Morgan fingerprint density at radius 2 is 2.04 bits per heavy atom. The van der Waals surface area contributed by atoms with Crippen LogP contribution in [0.15, 0.2) is 53.8 Å². The largest absolute Gasteiger partial charge is 0.293 e. The number of aromatic nitrogens is 4. The van der Waals surface area contributed by atoms with E-state index in [1.807, 2.05) is 19.3 Å². The molecule has 0 N–H and O–H groups in total. The van der Waals surface area contributed by atoms with Crippen LogP contribution in [-0.4, -0.2) is 19.3 Å². The van der Waals surface area contributed by atoms with Crippen LogP contribution in [-0.2, 0) is 13.6 Å².